The van der Waals surface area contributed by atoms with Gasteiger partial charge < -0.3 is 15.5 Å². The molecule has 0 bridgehead atoms. The number of carbonyl (C=O) groups is 1. The molecule has 122 valence electrons. The molecule has 1 aliphatic heterocycles. The number of benzene rings is 1. The van der Waals surface area contributed by atoms with Crippen LogP contribution in [0.4, 0.5) is 0 Å². The maximum atomic E-state index is 11.8. The quantitative estimate of drug-likeness (QED) is 0.719. The van der Waals surface area contributed by atoms with Crippen molar-refractivity contribution in [1.29, 1.82) is 0 Å². The zero-order chi connectivity index (χ0) is 15.6. The summed E-state index contributed by atoms with van der Waals surface area (Å²) >= 11 is 0. The topological polar surface area (TPSA) is 44.4 Å². The highest BCUT2D eigenvalue weighted by Crippen LogP contribution is 2.07. The van der Waals surface area contributed by atoms with Crippen LogP contribution in [-0.2, 0) is 11.2 Å². The molecule has 2 rings (SSSR count). The van der Waals surface area contributed by atoms with E-state index in [1.807, 2.05) is 0 Å². The van der Waals surface area contributed by atoms with Crippen molar-refractivity contribution < 1.29 is 4.79 Å². The summed E-state index contributed by atoms with van der Waals surface area (Å²) in [4.78, 5) is 14.3. The highest BCUT2D eigenvalue weighted by atomic mass is 16.1. The van der Waals surface area contributed by atoms with E-state index < -0.39 is 0 Å². The van der Waals surface area contributed by atoms with Gasteiger partial charge >= 0.3 is 0 Å². The average molecular weight is 303 g/mol. The van der Waals surface area contributed by atoms with Crippen molar-refractivity contribution in [3.63, 3.8) is 0 Å². The molecule has 4 nitrogen and oxygen atoms in total. The monoisotopic (exact) mass is 303 g/mol. The molecule has 1 heterocycles. The number of hydrogen-bond donors (Lipinski definition) is 2. The first-order valence-electron chi connectivity index (χ1n) is 8.49. The molecule has 1 amide bonds. The van der Waals surface area contributed by atoms with Crippen LogP contribution >= 0.6 is 0 Å². The van der Waals surface area contributed by atoms with Crippen LogP contribution in [0.1, 0.15) is 30.4 Å². The Bertz CT molecular complexity index is 438. The highest BCUT2D eigenvalue weighted by Gasteiger charge is 2.08. The summed E-state index contributed by atoms with van der Waals surface area (Å²) in [5.74, 6) is 0.187. The molecule has 4 heteroatoms. The summed E-state index contributed by atoms with van der Waals surface area (Å²) in [6, 6.07) is 8.57. The van der Waals surface area contributed by atoms with Crippen LogP contribution in [-0.4, -0.2) is 50.1 Å². The molecule has 0 aliphatic carbocycles. The van der Waals surface area contributed by atoms with E-state index in [0.717, 1.165) is 58.5 Å². The molecule has 0 saturated carbocycles. The lowest BCUT2D eigenvalue weighted by atomic mass is 10.1. The van der Waals surface area contributed by atoms with Crippen molar-refractivity contribution in [3.8, 4) is 0 Å². The van der Waals surface area contributed by atoms with Gasteiger partial charge in [0.2, 0.25) is 5.91 Å². The zero-order valence-corrected chi connectivity index (χ0v) is 13.7. The van der Waals surface area contributed by atoms with E-state index >= 15 is 0 Å². The summed E-state index contributed by atoms with van der Waals surface area (Å²) < 4.78 is 0. The van der Waals surface area contributed by atoms with Crippen LogP contribution in [0.25, 0.3) is 0 Å². The maximum Gasteiger partial charge on any atom is 0.220 e. The molecule has 0 atom stereocenters. The smallest absolute Gasteiger partial charge is 0.220 e. The number of amides is 1. The normalized spacial score (nSPS) is 15.7. The molecular formula is C18H29N3O. The van der Waals surface area contributed by atoms with Gasteiger partial charge in [-0.2, -0.15) is 0 Å². The van der Waals surface area contributed by atoms with Gasteiger partial charge in [0.25, 0.3) is 0 Å². The third-order valence-corrected chi connectivity index (χ3v) is 4.17. The fraction of sp³-hybridized carbons (Fsp3) is 0.611. The lowest BCUT2D eigenvalue weighted by Gasteiger charge is -2.27. The first-order valence-corrected chi connectivity index (χ1v) is 8.49. The summed E-state index contributed by atoms with van der Waals surface area (Å²) in [6.45, 7) is 8.42. The number of hydrogen-bond acceptors (Lipinski definition) is 3. The lowest BCUT2D eigenvalue weighted by Crippen LogP contribution is -2.44. The number of carbonyl (C=O) groups excluding carboxylic acids is 1. The van der Waals surface area contributed by atoms with Crippen molar-refractivity contribution in [1.82, 2.24) is 15.5 Å². The van der Waals surface area contributed by atoms with E-state index in [9.17, 15) is 4.79 Å². The van der Waals surface area contributed by atoms with Gasteiger partial charge in [0.1, 0.15) is 0 Å². The van der Waals surface area contributed by atoms with Crippen molar-refractivity contribution in [2.45, 2.75) is 32.6 Å². The standard InChI is InChI=1S/C18H29N3O/c1-16-6-8-17(9-7-16)4-2-5-18(22)20-10-3-13-21-14-11-19-12-15-21/h6-9,19H,2-5,10-15H2,1H3,(H,20,22). The molecule has 1 aliphatic rings. The van der Waals surface area contributed by atoms with Gasteiger partial charge in [0, 0.05) is 39.1 Å². The Morgan fingerprint density at radius 1 is 1.18 bits per heavy atom. The molecule has 1 saturated heterocycles. The molecule has 22 heavy (non-hydrogen) atoms. The van der Waals surface area contributed by atoms with E-state index in [2.05, 4.69) is 46.7 Å². The van der Waals surface area contributed by atoms with Crippen molar-refractivity contribution in [2.24, 2.45) is 0 Å². The molecule has 0 spiro atoms. The van der Waals surface area contributed by atoms with E-state index in [-0.39, 0.29) is 5.91 Å². The second-order valence-electron chi connectivity index (χ2n) is 6.13. The Balaban J connectivity index is 1.49. The van der Waals surface area contributed by atoms with Crippen LogP contribution in [0.3, 0.4) is 0 Å². The van der Waals surface area contributed by atoms with Gasteiger partial charge in [-0.05, 0) is 38.3 Å². The van der Waals surface area contributed by atoms with Crippen LogP contribution < -0.4 is 10.6 Å². The van der Waals surface area contributed by atoms with Crippen molar-refractivity contribution >= 4 is 5.91 Å². The van der Waals surface area contributed by atoms with Gasteiger partial charge in [-0.1, -0.05) is 29.8 Å². The lowest BCUT2D eigenvalue weighted by molar-refractivity contribution is -0.121. The largest absolute Gasteiger partial charge is 0.356 e. The van der Waals surface area contributed by atoms with E-state index in [1.165, 1.54) is 11.1 Å². The summed E-state index contributed by atoms with van der Waals surface area (Å²) in [5.41, 5.74) is 2.60. The minimum Gasteiger partial charge on any atom is -0.356 e. The zero-order valence-electron chi connectivity index (χ0n) is 13.7. The van der Waals surface area contributed by atoms with E-state index in [4.69, 9.17) is 0 Å². The number of nitrogens with zero attached hydrogens (tertiary/aromatic N) is 1. The first-order chi connectivity index (χ1) is 10.7. The summed E-state index contributed by atoms with van der Waals surface area (Å²) in [7, 11) is 0. The third-order valence-electron chi connectivity index (χ3n) is 4.17. The minimum absolute atomic E-state index is 0.187. The number of aryl methyl sites for hydroxylation is 2. The second-order valence-corrected chi connectivity index (χ2v) is 6.13. The van der Waals surface area contributed by atoms with Crippen LogP contribution in [0.5, 0.6) is 0 Å². The van der Waals surface area contributed by atoms with Gasteiger partial charge in [-0.3, -0.25) is 4.79 Å². The Labute approximate surface area is 134 Å². The van der Waals surface area contributed by atoms with Crippen molar-refractivity contribution in [3.05, 3.63) is 35.4 Å². The highest BCUT2D eigenvalue weighted by molar-refractivity contribution is 5.75. The fourth-order valence-corrected chi connectivity index (χ4v) is 2.76. The van der Waals surface area contributed by atoms with Gasteiger partial charge in [0.05, 0.1) is 0 Å². The van der Waals surface area contributed by atoms with Crippen molar-refractivity contribution in [2.75, 3.05) is 39.3 Å². The molecule has 1 aromatic rings. The molecule has 1 aromatic carbocycles. The first kappa shape index (κ1) is 17.0. The van der Waals surface area contributed by atoms with Gasteiger partial charge in [0.15, 0.2) is 0 Å². The number of nitrogens with one attached hydrogen (secondary N) is 2. The van der Waals surface area contributed by atoms with Gasteiger partial charge in [-0.15, -0.1) is 0 Å². The molecule has 0 radical (unpaired) electrons. The molecule has 2 N–H and O–H groups in total. The summed E-state index contributed by atoms with van der Waals surface area (Å²) in [6.07, 6.45) is 3.58. The Morgan fingerprint density at radius 3 is 2.64 bits per heavy atom. The second kappa shape index (κ2) is 9.59. The maximum absolute atomic E-state index is 11.8. The predicted molar refractivity (Wildman–Crippen MR) is 91.1 cm³/mol. The molecular weight excluding hydrogens is 274 g/mol. The SMILES string of the molecule is Cc1ccc(CCCC(=O)NCCCN2CCNCC2)cc1. The van der Waals surface area contributed by atoms with Crippen LogP contribution in [0.15, 0.2) is 24.3 Å². The van der Waals surface area contributed by atoms with Gasteiger partial charge in [-0.25, -0.2) is 0 Å². The minimum atomic E-state index is 0.187. The van der Waals surface area contributed by atoms with Crippen LogP contribution in [0, 0.1) is 6.92 Å². The molecule has 1 fully saturated rings. The Hall–Kier alpha value is -1.39. The third kappa shape index (κ3) is 6.58. The van der Waals surface area contributed by atoms with E-state index in [1.54, 1.807) is 0 Å². The van der Waals surface area contributed by atoms with E-state index in [0.29, 0.717) is 6.42 Å². The Kier molecular flexibility index (Phi) is 7.40. The molecule has 0 aromatic heterocycles. The predicted octanol–water partition coefficient (Wildman–Crippen LogP) is 1.73. The average Bonchev–Trinajstić information content (AvgIpc) is 2.54. The van der Waals surface area contributed by atoms with Crippen LogP contribution in [0.2, 0.25) is 0 Å². The molecule has 0 unspecified atom stereocenters. The summed E-state index contributed by atoms with van der Waals surface area (Å²) in [5, 5.41) is 6.39. The number of piperazine rings is 1. The fourth-order valence-electron chi connectivity index (χ4n) is 2.76. The Morgan fingerprint density at radius 2 is 1.91 bits per heavy atom. The number of rotatable bonds is 8.